The van der Waals surface area contributed by atoms with Crippen LogP contribution in [0.5, 0.6) is 0 Å². The molecule has 1 unspecified atom stereocenters. The van der Waals surface area contributed by atoms with Gasteiger partial charge in [-0.3, -0.25) is 11.3 Å². The first-order valence-corrected chi connectivity index (χ1v) is 6.77. The summed E-state index contributed by atoms with van der Waals surface area (Å²) < 4.78 is 0. The van der Waals surface area contributed by atoms with E-state index in [0.29, 0.717) is 0 Å². The molecule has 0 saturated heterocycles. The van der Waals surface area contributed by atoms with Crippen LogP contribution in [0.4, 0.5) is 0 Å². The zero-order valence-electron chi connectivity index (χ0n) is 9.40. The molecule has 0 amide bonds. The molecular weight excluding hydrogens is 252 g/mol. The van der Waals surface area contributed by atoms with Crippen LogP contribution in [-0.4, -0.2) is 6.04 Å². The Hall–Kier alpha value is -0.870. The van der Waals surface area contributed by atoms with E-state index in [2.05, 4.69) is 22.9 Å². The molecule has 0 saturated carbocycles. The second-order valence-electron chi connectivity index (χ2n) is 3.94. The van der Waals surface area contributed by atoms with Crippen LogP contribution < -0.4 is 11.3 Å². The van der Waals surface area contributed by atoms with Gasteiger partial charge >= 0.3 is 0 Å². The quantitative estimate of drug-likeness (QED) is 0.645. The second-order valence-corrected chi connectivity index (χ2v) is 5.38. The number of nitrogens with one attached hydrogen (secondary N) is 1. The van der Waals surface area contributed by atoms with Crippen LogP contribution in [0.25, 0.3) is 0 Å². The molecule has 0 radical (unpaired) electrons. The molecule has 0 aliphatic rings. The van der Waals surface area contributed by atoms with Crippen molar-refractivity contribution in [1.82, 2.24) is 5.43 Å². The molecule has 0 spiro atoms. The van der Waals surface area contributed by atoms with Crippen molar-refractivity contribution in [2.45, 2.75) is 18.9 Å². The minimum absolute atomic E-state index is 0.216. The highest BCUT2D eigenvalue weighted by molar-refractivity contribution is 7.09. The van der Waals surface area contributed by atoms with Gasteiger partial charge in [-0.2, -0.15) is 0 Å². The van der Waals surface area contributed by atoms with Gasteiger partial charge in [-0.25, -0.2) is 0 Å². The summed E-state index contributed by atoms with van der Waals surface area (Å²) in [4.78, 5) is 1.33. The van der Waals surface area contributed by atoms with Gasteiger partial charge in [0.1, 0.15) is 0 Å². The molecule has 1 atom stereocenters. The summed E-state index contributed by atoms with van der Waals surface area (Å²) in [5.74, 6) is 5.60. The summed E-state index contributed by atoms with van der Waals surface area (Å²) in [6, 6.07) is 12.3. The van der Waals surface area contributed by atoms with E-state index in [1.807, 2.05) is 24.3 Å². The van der Waals surface area contributed by atoms with Crippen molar-refractivity contribution in [2.75, 3.05) is 0 Å². The Labute approximate surface area is 110 Å². The minimum Gasteiger partial charge on any atom is -0.271 e. The van der Waals surface area contributed by atoms with Gasteiger partial charge in [-0.15, -0.1) is 11.3 Å². The molecule has 0 fully saturated rings. The zero-order valence-corrected chi connectivity index (χ0v) is 11.0. The van der Waals surface area contributed by atoms with Gasteiger partial charge in [0.2, 0.25) is 0 Å². The summed E-state index contributed by atoms with van der Waals surface area (Å²) in [6.07, 6.45) is 1.77. The third kappa shape index (κ3) is 3.54. The molecule has 0 aliphatic carbocycles. The maximum atomic E-state index is 6.14. The molecule has 4 heteroatoms. The Kier molecular flexibility index (Phi) is 4.57. The first kappa shape index (κ1) is 12.6. The smallest absolute Gasteiger partial charge is 0.0438 e. The van der Waals surface area contributed by atoms with Crippen molar-refractivity contribution in [3.8, 4) is 0 Å². The van der Waals surface area contributed by atoms with Gasteiger partial charge in [-0.1, -0.05) is 35.9 Å². The number of hydrogen-bond acceptors (Lipinski definition) is 3. The van der Waals surface area contributed by atoms with E-state index in [4.69, 9.17) is 17.4 Å². The number of hydrazine groups is 1. The fourth-order valence-corrected chi connectivity index (χ4v) is 2.79. The van der Waals surface area contributed by atoms with Crippen LogP contribution >= 0.6 is 22.9 Å². The van der Waals surface area contributed by atoms with Crippen molar-refractivity contribution in [3.63, 3.8) is 0 Å². The maximum absolute atomic E-state index is 6.14. The van der Waals surface area contributed by atoms with Crippen molar-refractivity contribution in [2.24, 2.45) is 5.84 Å². The molecule has 2 aromatic rings. The largest absolute Gasteiger partial charge is 0.271 e. The Morgan fingerprint density at radius 2 is 2.00 bits per heavy atom. The summed E-state index contributed by atoms with van der Waals surface area (Å²) in [5, 5.41) is 2.89. The van der Waals surface area contributed by atoms with Crippen molar-refractivity contribution in [1.29, 1.82) is 0 Å². The summed E-state index contributed by atoms with van der Waals surface area (Å²) in [7, 11) is 0. The van der Waals surface area contributed by atoms with E-state index in [0.717, 1.165) is 23.4 Å². The number of hydrogen-bond donors (Lipinski definition) is 2. The molecule has 2 nitrogen and oxygen atoms in total. The van der Waals surface area contributed by atoms with E-state index in [-0.39, 0.29) is 6.04 Å². The first-order chi connectivity index (χ1) is 8.29. The van der Waals surface area contributed by atoms with Gasteiger partial charge in [0.05, 0.1) is 0 Å². The van der Waals surface area contributed by atoms with Gasteiger partial charge < -0.3 is 0 Å². The zero-order chi connectivity index (χ0) is 12.1. The molecule has 0 bridgehead atoms. The Bertz CT molecular complexity index is 456. The lowest BCUT2D eigenvalue weighted by atomic mass is 10.0. The highest BCUT2D eigenvalue weighted by Crippen LogP contribution is 2.19. The van der Waals surface area contributed by atoms with Crippen LogP contribution in [0.3, 0.4) is 0 Å². The highest BCUT2D eigenvalue weighted by atomic mass is 35.5. The van der Waals surface area contributed by atoms with Crippen molar-refractivity contribution < 1.29 is 0 Å². The molecule has 1 aromatic heterocycles. The summed E-state index contributed by atoms with van der Waals surface area (Å²) in [5.41, 5.74) is 4.00. The summed E-state index contributed by atoms with van der Waals surface area (Å²) >= 11 is 7.89. The number of nitrogens with two attached hydrogens (primary N) is 1. The van der Waals surface area contributed by atoms with Crippen molar-refractivity contribution in [3.05, 3.63) is 57.2 Å². The van der Waals surface area contributed by atoms with Crippen molar-refractivity contribution >= 4 is 22.9 Å². The molecule has 0 aliphatic heterocycles. The average molecular weight is 267 g/mol. The number of thiophene rings is 1. The Balaban J connectivity index is 2.03. The number of benzene rings is 1. The lowest BCUT2D eigenvalue weighted by Crippen LogP contribution is -2.38. The van der Waals surface area contributed by atoms with Crippen LogP contribution in [0.1, 0.15) is 10.4 Å². The fraction of sp³-hybridized carbons (Fsp3) is 0.231. The average Bonchev–Trinajstić information content (AvgIpc) is 2.84. The molecule has 2 rings (SSSR count). The molecule has 17 heavy (non-hydrogen) atoms. The van der Waals surface area contributed by atoms with Gasteiger partial charge in [0.15, 0.2) is 0 Å². The second kappa shape index (κ2) is 6.17. The molecule has 1 aromatic carbocycles. The SMILES string of the molecule is NNC(Cc1cccs1)Cc1ccccc1Cl. The van der Waals surface area contributed by atoms with E-state index >= 15 is 0 Å². The van der Waals surface area contributed by atoms with E-state index in [1.165, 1.54) is 4.88 Å². The Morgan fingerprint density at radius 3 is 2.65 bits per heavy atom. The number of halogens is 1. The predicted octanol–water partition coefficient (Wildman–Crippen LogP) is 3.02. The van der Waals surface area contributed by atoms with Crippen LogP contribution in [-0.2, 0) is 12.8 Å². The van der Waals surface area contributed by atoms with Crippen LogP contribution in [0.15, 0.2) is 41.8 Å². The van der Waals surface area contributed by atoms with Gasteiger partial charge in [0.25, 0.3) is 0 Å². The lowest BCUT2D eigenvalue weighted by Gasteiger charge is -2.15. The predicted molar refractivity (Wildman–Crippen MR) is 74.3 cm³/mol. The number of rotatable bonds is 5. The summed E-state index contributed by atoms with van der Waals surface area (Å²) in [6.45, 7) is 0. The molecule has 90 valence electrons. The molecule has 3 N–H and O–H groups in total. The minimum atomic E-state index is 0.216. The third-order valence-corrected chi connectivity index (χ3v) is 3.95. The van der Waals surface area contributed by atoms with Crippen LogP contribution in [0.2, 0.25) is 5.02 Å². The molecule has 1 heterocycles. The van der Waals surface area contributed by atoms with E-state index in [1.54, 1.807) is 11.3 Å². The van der Waals surface area contributed by atoms with E-state index in [9.17, 15) is 0 Å². The van der Waals surface area contributed by atoms with Crippen LogP contribution in [0, 0.1) is 0 Å². The topological polar surface area (TPSA) is 38.0 Å². The standard InChI is InChI=1S/C13H15ClN2S/c14-13-6-2-1-4-10(13)8-11(16-15)9-12-5-3-7-17-12/h1-7,11,16H,8-9,15H2. The molecular formula is C13H15ClN2S. The van der Waals surface area contributed by atoms with Gasteiger partial charge in [-0.05, 0) is 35.9 Å². The maximum Gasteiger partial charge on any atom is 0.0438 e. The first-order valence-electron chi connectivity index (χ1n) is 5.51. The fourth-order valence-electron chi connectivity index (χ4n) is 1.79. The van der Waals surface area contributed by atoms with E-state index < -0.39 is 0 Å². The van der Waals surface area contributed by atoms with Gasteiger partial charge in [0, 0.05) is 15.9 Å². The normalized spacial score (nSPS) is 12.6. The lowest BCUT2D eigenvalue weighted by molar-refractivity contribution is 0.526. The highest BCUT2D eigenvalue weighted by Gasteiger charge is 2.11. The monoisotopic (exact) mass is 266 g/mol. The third-order valence-electron chi connectivity index (χ3n) is 2.69. The Morgan fingerprint density at radius 1 is 1.18 bits per heavy atom.